The van der Waals surface area contributed by atoms with Crippen LogP contribution >= 0.6 is 0 Å². The summed E-state index contributed by atoms with van der Waals surface area (Å²) < 4.78 is 51.4. The minimum atomic E-state index is -4.68. The fourth-order valence-electron chi connectivity index (χ4n) is 2.18. The molecule has 0 aromatic heterocycles. The maximum Gasteiger partial charge on any atom is 0.416 e. The van der Waals surface area contributed by atoms with Crippen LogP contribution in [0, 0.1) is 11.2 Å². The number of carbonyl (C=O) groups excluding carboxylic acids is 1. The Labute approximate surface area is 130 Å². The lowest BCUT2D eigenvalue weighted by Crippen LogP contribution is -2.34. The molecule has 23 heavy (non-hydrogen) atoms. The standard InChI is InChI=1S/C15H17F4NO3/c1-3-14(4-2,13(22)23)8-12(21)20-11-7-9(15(17,18)19)5-6-10(11)16/h5-7H,3-4,8H2,1-2H3,(H,20,21)(H,22,23). The third kappa shape index (κ3) is 4.43. The van der Waals surface area contributed by atoms with Crippen molar-refractivity contribution in [1.29, 1.82) is 0 Å². The Hall–Kier alpha value is -2.12. The first-order chi connectivity index (χ1) is 10.6. The lowest BCUT2D eigenvalue weighted by Gasteiger charge is -2.25. The number of carboxylic acid groups (broad SMARTS) is 1. The molecular weight excluding hydrogens is 318 g/mol. The smallest absolute Gasteiger partial charge is 0.416 e. The Balaban J connectivity index is 2.99. The average Bonchev–Trinajstić information content (AvgIpc) is 2.45. The van der Waals surface area contributed by atoms with E-state index in [-0.39, 0.29) is 12.8 Å². The Bertz CT molecular complexity index is 595. The number of aliphatic carboxylic acids is 1. The third-order valence-corrected chi connectivity index (χ3v) is 3.87. The highest BCUT2D eigenvalue weighted by Crippen LogP contribution is 2.33. The maximum atomic E-state index is 13.6. The minimum absolute atomic E-state index is 0.164. The summed E-state index contributed by atoms with van der Waals surface area (Å²) in [7, 11) is 0. The van der Waals surface area contributed by atoms with Gasteiger partial charge in [0.15, 0.2) is 0 Å². The highest BCUT2D eigenvalue weighted by atomic mass is 19.4. The van der Waals surface area contributed by atoms with Crippen molar-refractivity contribution in [2.75, 3.05) is 5.32 Å². The largest absolute Gasteiger partial charge is 0.481 e. The molecule has 2 N–H and O–H groups in total. The maximum absolute atomic E-state index is 13.6. The van der Waals surface area contributed by atoms with E-state index in [2.05, 4.69) is 0 Å². The van der Waals surface area contributed by atoms with E-state index in [1.807, 2.05) is 5.32 Å². The van der Waals surface area contributed by atoms with Gasteiger partial charge >= 0.3 is 12.1 Å². The fourth-order valence-corrected chi connectivity index (χ4v) is 2.18. The summed E-state index contributed by atoms with van der Waals surface area (Å²) in [4.78, 5) is 23.3. The van der Waals surface area contributed by atoms with E-state index in [0.717, 1.165) is 0 Å². The first-order valence-electron chi connectivity index (χ1n) is 6.95. The molecule has 0 saturated heterocycles. The van der Waals surface area contributed by atoms with E-state index in [9.17, 15) is 32.3 Å². The van der Waals surface area contributed by atoms with E-state index in [1.165, 1.54) is 0 Å². The molecule has 128 valence electrons. The van der Waals surface area contributed by atoms with Crippen molar-refractivity contribution in [3.63, 3.8) is 0 Å². The molecule has 1 rings (SSSR count). The molecule has 1 aromatic carbocycles. The van der Waals surface area contributed by atoms with Crippen LogP contribution < -0.4 is 5.32 Å². The molecule has 4 nitrogen and oxygen atoms in total. The Morgan fingerprint density at radius 1 is 1.17 bits per heavy atom. The second-order valence-electron chi connectivity index (χ2n) is 5.21. The molecule has 0 aliphatic rings. The zero-order valence-corrected chi connectivity index (χ0v) is 12.6. The molecule has 0 fully saturated rings. The zero-order chi connectivity index (χ0) is 17.8. The normalized spacial score (nSPS) is 12.1. The Morgan fingerprint density at radius 2 is 1.74 bits per heavy atom. The number of benzene rings is 1. The number of rotatable bonds is 6. The van der Waals surface area contributed by atoms with Gasteiger partial charge in [-0.2, -0.15) is 13.2 Å². The number of halogens is 4. The molecule has 0 atom stereocenters. The van der Waals surface area contributed by atoms with Crippen molar-refractivity contribution in [2.45, 2.75) is 39.3 Å². The second kappa shape index (κ2) is 6.97. The highest BCUT2D eigenvalue weighted by molar-refractivity contribution is 5.94. The summed E-state index contributed by atoms with van der Waals surface area (Å²) in [5.41, 5.74) is -3.07. The molecule has 1 amide bonds. The second-order valence-corrected chi connectivity index (χ2v) is 5.21. The number of anilines is 1. The van der Waals surface area contributed by atoms with Gasteiger partial charge in [0.05, 0.1) is 16.7 Å². The van der Waals surface area contributed by atoms with Gasteiger partial charge in [-0.3, -0.25) is 9.59 Å². The van der Waals surface area contributed by atoms with Crippen molar-refractivity contribution in [1.82, 2.24) is 0 Å². The van der Waals surface area contributed by atoms with Gasteiger partial charge in [-0.25, -0.2) is 4.39 Å². The summed E-state index contributed by atoms with van der Waals surface area (Å²) in [5, 5.41) is 11.3. The van der Waals surface area contributed by atoms with Crippen LogP contribution in [0.25, 0.3) is 0 Å². The topological polar surface area (TPSA) is 66.4 Å². The number of carbonyl (C=O) groups is 2. The lowest BCUT2D eigenvalue weighted by molar-refractivity contribution is -0.151. The Kier molecular flexibility index (Phi) is 5.74. The summed E-state index contributed by atoms with van der Waals surface area (Å²) in [5.74, 6) is -3.06. The van der Waals surface area contributed by atoms with Gasteiger partial charge in [-0.1, -0.05) is 13.8 Å². The first kappa shape index (κ1) is 18.9. The number of alkyl halides is 3. The fraction of sp³-hybridized carbons (Fsp3) is 0.467. The van der Waals surface area contributed by atoms with Crippen LogP contribution in [0.5, 0.6) is 0 Å². The summed E-state index contributed by atoms with van der Waals surface area (Å²) in [6.45, 7) is 3.19. The molecule has 8 heteroatoms. The predicted molar refractivity (Wildman–Crippen MR) is 75.3 cm³/mol. The van der Waals surface area contributed by atoms with E-state index < -0.39 is 47.0 Å². The molecular formula is C15H17F4NO3. The number of carboxylic acids is 1. The molecule has 0 spiro atoms. The molecule has 0 aliphatic carbocycles. The SMILES string of the molecule is CCC(CC)(CC(=O)Nc1cc(C(F)(F)F)ccc1F)C(=O)O. The van der Waals surface area contributed by atoms with Crippen LogP contribution in [-0.4, -0.2) is 17.0 Å². The molecule has 0 heterocycles. The van der Waals surface area contributed by atoms with Gasteiger partial charge in [-0.05, 0) is 31.0 Å². The summed E-state index contributed by atoms with van der Waals surface area (Å²) in [6, 6.07) is 1.64. The van der Waals surface area contributed by atoms with Crippen LogP contribution in [0.3, 0.4) is 0 Å². The number of nitrogens with one attached hydrogen (secondary N) is 1. The van der Waals surface area contributed by atoms with E-state index in [1.54, 1.807) is 13.8 Å². The third-order valence-electron chi connectivity index (χ3n) is 3.87. The highest BCUT2D eigenvalue weighted by Gasteiger charge is 2.37. The van der Waals surface area contributed by atoms with Crippen molar-refractivity contribution in [2.24, 2.45) is 5.41 Å². The molecule has 1 aromatic rings. The van der Waals surface area contributed by atoms with E-state index in [0.29, 0.717) is 18.2 Å². The minimum Gasteiger partial charge on any atom is -0.481 e. The number of hydrogen-bond acceptors (Lipinski definition) is 2. The van der Waals surface area contributed by atoms with Crippen molar-refractivity contribution < 1.29 is 32.3 Å². The lowest BCUT2D eigenvalue weighted by atomic mass is 9.79. The monoisotopic (exact) mass is 335 g/mol. The quantitative estimate of drug-likeness (QED) is 0.770. The van der Waals surface area contributed by atoms with Crippen molar-refractivity contribution in [3.8, 4) is 0 Å². The Morgan fingerprint density at radius 3 is 2.17 bits per heavy atom. The zero-order valence-electron chi connectivity index (χ0n) is 12.6. The van der Waals surface area contributed by atoms with Crippen LogP contribution in [0.1, 0.15) is 38.7 Å². The van der Waals surface area contributed by atoms with Crippen molar-refractivity contribution in [3.05, 3.63) is 29.6 Å². The number of amides is 1. The number of hydrogen-bond donors (Lipinski definition) is 2. The van der Waals surface area contributed by atoms with Gasteiger partial charge in [0, 0.05) is 6.42 Å². The van der Waals surface area contributed by atoms with E-state index in [4.69, 9.17) is 0 Å². The van der Waals surface area contributed by atoms with Crippen LogP contribution in [0.15, 0.2) is 18.2 Å². The molecule has 0 aliphatic heterocycles. The van der Waals surface area contributed by atoms with E-state index >= 15 is 0 Å². The average molecular weight is 335 g/mol. The van der Waals surface area contributed by atoms with Crippen LogP contribution in [0.4, 0.5) is 23.2 Å². The van der Waals surface area contributed by atoms with Crippen LogP contribution in [0.2, 0.25) is 0 Å². The van der Waals surface area contributed by atoms with Crippen molar-refractivity contribution >= 4 is 17.6 Å². The van der Waals surface area contributed by atoms with Gasteiger partial charge in [0.1, 0.15) is 5.82 Å². The molecule has 0 radical (unpaired) electrons. The first-order valence-corrected chi connectivity index (χ1v) is 6.95. The predicted octanol–water partition coefficient (Wildman–Crippen LogP) is 4.06. The van der Waals surface area contributed by atoms with Gasteiger partial charge in [0.2, 0.25) is 5.91 Å². The van der Waals surface area contributed by atoms with Gasteiger partial charge < -0.3 is 10.4 Å². The summed E-state index contributed by atoms with van der Waals surface area (Å²) in [6.07, 6.45) is -4.80. The molecule has 0 saturated carbocycles. The van der Waals surface area contributed by atoms with Gasteiger partial charge in [-0.15, -0.1) is 0 Å². The van der Waals surface area contributed by atoms with Gasteiger partial charge in [0.25, 0.3) is 0 Å². The molecule has 0 bridgehead atoms. The summed E-state index contributed by atoms with van der Waals surface area (Å²) >= 11 is 0. The molecule has 0 unspecified atom stereocenters. The van der Waals surface area contributed by atoms with Crippen LogP contribution in [-0.2, 0) is 15.8 Å².